The smallest absolute Gasteiger partial charge is 0.303 e. The van der Waals surface area contributed by atoms with E-state index in [-0.39, 0.29) is 6.42 Å². The highest BCUT2D eigenvalue weighted by atomic mass is 32.1. The van der Waals surface area contributed by atoms with Crippen molar-refractivity contribution in [2.24, 2.45) is 0 Å². The van der Waals surface area contributed by atoms with Gasteiger partial charge in [-0.05, 0) is 6.92 Å². The number of aryl methyl sites for hydroxylation is 2. The van der Waals surface area contributed by atoms with Crippen LogP contribution in [-0.4, -0.2) is 30.7 Å². The molecule has 0 spiro atoms. The van der Waals surface area contributed by atoms with Crippen molar-refractivity contribution in [3.05, 3.63) is 22.4 Å². The van der Waals surface area contributed by atoms with Crippen molar-refractivity contribution in [1.82, 2.24) is 19.6 Å². The third-order valence-electron chi connectivity index (χ3n) is 2.76. The van der Waals surface area contributed by atoms with Gasteiger partial charge < -0.3 is 5.11 Å². The predicted molar refractivity (Wildman–Crippen MR) is 72.7 cm³/mol. The summed E-state index contributed by atoms with van der Waals surface area (Å²) < 4.78 is 1.92. The van der Waals surface area contributed by atoms with Gasteiger partial charge in [-0.25, -0.2) is 4.98 Å². The lowest BCUT2D eigenvalue weighted by Crippen LogP contribution is -2.02. The predicted octanol–water partition coefficient (Wildman–Crippen LogP) is 2.24. The van der Waals surface area contributed by atoms with Crippen molar-refractivity contribution in [2.75, 3.05) is 0 Å². The summed E-state index contributed by atoms with van der Waals surface area (Å²) in [7, 11) is 0. The van der Waals surface area contributed by atoms with Crippen LogP contribution in [0.1, 0.15) is 17.9 Å². The Balaban J connectivity index is 2.08. The minimum Gasteiger partial charge on any atom is -0.481 e. The molecule has 0 aliphatic heterocycles. The zero-order chi connectivity index (χ0) is 13.4. The van der Waals surface area contributed by atoms with E-state index in [0.717, 1.165) is 21.2 Å². The molecule has 0 saturated heterocycles. The highest BCUT2D eigenvalue weighted by Crippen LogP contribution is 2.31. The van der Waals surface area contributed by atoms with Crippen LogP contribution in [0.25, 0.3) is 15.5 Å². The Kier molecular flexibility index (Phi) is 3.03. The molecule has 3 heterocycles. The fourth-order valence-electron chi connectivity index (χ4n) is 1.86. The van der Waals surface area contributed by atoms with Crippen LogP contribution in [0.2, 0.25) is 0 Å². The van der Waals surface area contributed by atoms with E-state index < -0.39 is 5.97 Å². The molecule has 0 atom stereocenters. The van der Waals surface area contributed by atoms with Gasteiger partial charge in [-0.2, -0.15) is 0 Å². The van der Waals surface area contributed by atoms with E-state index in [1.54, 1.807) is 16.8 Å². The minimum atomic E-state index is -0.831. The topological polar surface area (TPSA) is 80.4 Å². The third-order valence-corrected chi connectivity index (χ3v) is 4.53. The average Bonchev–Trinajstić information content (AvgIpc) is 3.02. The molecule has 0 saturated carbocycles. The number of carbonyl (C=O) groups is 1. The number of rotatable bonds is 4. The third kappa shape index (κ3) is 2.13. The van der Waals surface area contributed by atoms with Crippen LogP contribution in [0.4, 0.5) is 0 Å². The summed E-state index contributed by atoms with van der Waals surface area (Å²) in [4.78, 5) is 16.8. The first-order valence-corrected chi connectivity index (χ1v) is 7.36. The van der Waals surface area contributed by atoms with Crippen LogP contribution in [0, 0.1) is 6.92 Å². The molecule has 3 rings (SSSR count). The monoisotopic (exact) mass is 294 g/mol. The van der Waals surface area contributed by atoms with Crippen LogP contribution in [0.15, 0.2) is 10.9 Å². The van der Waals surface area contributed by atoms with E-state index in [1.165, 1.54) is 11.3 Å². The van der Waals surface area contributed by atoms with Crippen molar-refractivity contribution < 1.29 is 9.90 Å². The number of nitrogens with zero attached hydrogens (tertiary/aromatic N) is 4. The Hall–Kier alpha value is -1.80. The van der Waals surface area contributed by atoms with Gasteiger partial charge in [0.15, 0.2) is 0 Å². The number of hydrogen-bond acceptors (Lipinski definition) is 6. The zero-order valence-corrected chi connectivity index (χ0v) is 11.7. The zero-order valence-electron chi connectivity index (χ0n) is 10.0. The van der Waals surface area contributed by atoms with Gasteiger partial charge in [0.2, 0.25) is 4.96 Å². The molecule has 0 unspecified atom stereocenters. The Morgan fingerprint density at radius 3 is 2.95 bits per heavy atom. The lowest BCUT2D eigenvalue weighted by atomic mass is 10.3. The van der Waals surface area contributed by atoms with E-state index in [0.29, 0.717) is 12.2 Å². The highest BCUT2D eigenvalue weighted by molar-refractivity contribution is 7.16. The molecule has 6 nitrogen and oxygen atoms in total. The molecule has 0 aliphatic carbocycles. The van der Waals surface area contributed by atoms with Crippen LogP contribution < -0.4 is 0 Å². The Morgan fingerprint density at radius 2 is 2.26 bits per heavy atom. The minimum absolute atomic E-state index is 0.0533. The number of carboxylic acid groups (broad SMARTS) is 1. The van der Waals surface area contributed by atoms with E-state index in [2.05, 4.69) is 15.2 Å². The first-order valence-electron chi connectivity index (χ1n) is 5.60. The first kappa shape index (κ1) is 12.2. The molecule has 3 aromatic rings. The van der Waals surface area contributed by atoms with Gasteiger partial charge in [0.05, 0.1) is 28.2 Å². The number of aromatic nitrogens is 4. The second kappa shape index (κ2) is 4.71. The average molecular weight is 294 g/mol. The highest BCUT2D eigenvalue weighted by Gasteiger charge is 2.16. The lowest BCUT2D eigenvalue weighted by Gasteiger charge is -2.00. The molecule has 3 aromatic heterocycles. The standard InChI is InChI=1S/C11H10N4O2S2/c1-6-10(19-5-12-6)7-4-18-11-14-13-8(15(7)11)2-3-9(16)17/h4-5H,2-3H2,1H3,(H,16,17). The summed E-state index contributed by atoms with van der Waals surface area (Å²) in [6, 6.07) is 0. The van der Waals surface area contributed by atoms with Crippen molar-refractivity contribution in [2.45, 2.75) is 19.8 Å². The Bertz CT molecular complexity index is 743. The van der Waals surface area contributed by atoms with Crippen molar-refractivity contribution in [1.29, 1.82) is 0 Å². The maximum atomic E-state index is 10.7. The summed E-state index contributed by atoms with van der Waals surface area (Å²) >= 11 is 3.06. The van der Waals surface area contributed by atoms with Gasteiger partial charge in [0, 0.05) is 11.8 Å². The molecule has 8 heteroatoms. The number of thiazole rings is 2. The van der Waals surface area contributed by atoms with Crippen LogP contribution in [-0.2, 0) is 11.2 Å². The molecule has 0 fully saturated rings. The van der Waals surface area contributed by atoms with E-state index in [9.17, 15) is 4.79 Å². The quantitative estimate of drug-likeness (QED) is 0.798. The molecular weight excluding hydrogens is 284 g/mol. The van der Waals surface area contributed by atoms with E-state index >= 15 is 0 Å². The number of fused-ring (bicyclic) bond motifs is 1. The summed E-state index contributed by atoms with van der Waals surface area (Å²) in [5.74, 6) is -0.149. The first-order chi connectivity index (χ1) is 9.16. The summed E-state index contributed by atoms with van der Waals surface area (Å²) in [5.41, 5.74) is 3.75. The van der Waals surface area contributed by atoms with E-state index in [1.807, 2.05) is 16.7 Å². The fourth-order valence-corrected chi connectivity index (χ4v) is 3.59. The fraction of sp³-hybridized carbons (Fsp3) is 0.273. The molecule has 19 heavy (non-hydrogen) atoms. The summed E-state index contributed by atoms with van der Waals surface area (Å²) in [6.07, 6.45) is 0.426. The van der Waals surface area contributed by atoms with Gasteiger partial charge in [-0.1, -0.05) is 0 Å². The lowest BCUT2D eigenvalue weighted by molar-refractivity contribution is -0.137. The van der Waals surface area contributed by atoms with Crippen LogP contribution >= 0.6 is 22.7 Å². The van der Waals surface area contributed by atoms with Crippen LogP contribution in [0.5, 0.6) is 0 Å². The van der Waals surface area contributed by atoms with Gasteiger partial charge >= 0.3 is 5.97 Å². The van der Waals surface area contributed by atoms with Crippen LogP contribution in [0.3, 0.4) is 0 Å². The normalized spacial score (nSPS) is 11.2. The van der Waals surface area contributed by atoms with Gasteiger partial charge in [0.25, 0.3) is 0 Å². The molecule has 0 aromatic carbocycles. The molecular formula is C11H10N4O2S2. The van der Waals surface area contributed by atoms with Crippen molar-refractivity contribution in [3.8, 4) is 10.6 Å². The largest absolute Gasteiger partial charge is 0.481 e. The summed E-state index contributed by atoms with van der Waals surface area (Å²) in [5, 5.41) is 18.9. The molecule has 0 aliphatic rings. The number of aliphatic carboxylic acids is 1. The molecule has 0 radical (unpaired) electrons. The Labute approximate surface area is 116 Å². The second-order valence-corrected chi connectivity index (χ2v) is 5.71. The second-order valence-electron chi connectivity index (χ2n) is 4.02. The summed E-state index contributed by atoms with van der Waals surface area (Å²) in [6.45, 7) is 1.95. The molecule has 0 amide bonds. The van der Waals surface area contributed by atoms with E-state index in [4.69, 9.17) is 5.11 Å². The van der Waals surface area contributed by atoms with Gasteiger partial charge in [-0.15, -0.1) is 32.9 Å². The molecule has 1 N–H and O–H groups in total. The van der Waals surface area contributed by atoms with Crippen molar-refractivity contribution >= 4 is 33.6 Å². The molecule has 98 valence electrons. The maximum Gasteiger partial charge on any atom is 0.303 e. The number of carboxylic acids is 1. The SMILES string of the molecule is Cc1ncsc1-c1csc2nnc(CCC(=O)O)n12. The maximum absolute atomic E-state index is 10.7. The van der Waals surface area contributed by atoms with Gasteiger partial charge in [0.1, 0.15) is 5.82 Å². The number of hydrogen-bond donors (Lipinski definition) is 1. The van der Waals surface area contributed by atoms with Gasteiger partial charge in [-0.3, -0.25) is 9.20 Å². The van der Waals surface area contributed by atoms with Crippen molar-refractivity contribution in [3.63, 3.8) is 0 Å². The Morgan fingerprint density at radius 1 is 1.42 bits per heavy atom. The molecule has 0 bridgehead atoms.